The number of carbonyl (C=O) groups excluding carboxylic acids is 3. The number of amides is 1. The minimum Gasteiger partial charge on any atom is -0.462 e. The van der Waals surface area contributed by atoms with Crippen molar-refractivity contribution in [3.05, 3.63) is 35.5 Å². The fourth-order valence-electron chi connectivity index (χ4n) is 11.4. The predicted octanol–water partition coefficient (Wildman–Crippen LogP) is 3.47. The zero-order valence-corrected chi connectivity index (χ0v) is 32.3. The maximum Gasteiger partial charge on any atom is 0.334 e. The monoisotopic (exact) mass is 756 g/mol. The lowest BCUT2D eigenvalue weighted by Gasteiger charge is -2.58. The number of ether oxygens (including phenoxy) is 3. The fraction of sp³-hybridized carbons (Fsp3) is 0.769. The molecule has 52 heavy (non-hydrogen) atoms. The van der Waals surface area contributed by atoms with E-state index in [-0.39, 0.29) is 84.3 Å². The zero-order chi connectivity index (χ0) is 36.4. The van der Waals surface area contributed by atoms with Gasteiger partial charge in [0.05, 0.1) is 23.6 Å². The molecule has 1 saturated carbocycles. The number of carbonyl (C=O) groups is 3. The number of nitrogens with two attached hydrogens (primary N) is 1. The molecule has 1 spiro atoms. The molecule has 0 aromatic carbocycles. The fourth-order valence-corrected chi connectivity index (χ4v) is 14.3. The lowest BCUT2D eigenvalue weighted by molar-refractivity contribution is -0.229. The van der Waals surface area contributed by atoms with Gasteiger partial charge in [-0.1, -0.05) is 51.5 Å². The van der Waals surface area contributed by atoms with E-state index in [1.165, 1.54) is 5.57 Å². The van der Waals surface area contributed by atoms with Crippen LogP contribution in [0.25, 0.3) is 0 Å². The number of allylic oxidation sites excluding steroid dienone is 1. The highest BCUT2D eigenvalue weighted by molar-refractivity contribution is 8.77. The van der Waals surface area contributed by atoms with Gasteiger partial charge in [0.2, 0.25) is 5.91 Å². The molecule has 11 nitrogen and oxygen atoms in total. The first-order valence-corrected chi connectivity index (χ1v) is 21.9. The van der Waals surface area contributed by atoms with Crippen LogP contribution in [0.3, 0.4) is 0 Å². The minimum atomic E-state index is -1.02. The first-order valence-electron chi connectivity index (χ1n) is 19.6. The molecular formula is C39H56N4O7S2. The van der Waals surface area contributed by atoms with E-state index in [1.54, 1.807) is 13.0 Å². The Hall–Kier alpha value is -1.87. The van der Waals surface area contributed by atoms with E-state index in [0.29, 0.717) is 56.1 Å². The Morgan fingerprint density at radius 3 is 2.83 bits per heavy atom. The third kappa shape index (κ3) is 6.31. The van der Waals surface area contributed by atoms with Crippen LogP contribution in [-0.4, -0.2) is 107 Å². The van der Waals surface area contributed by atoms with Crippen LogP contribution in [-0.2, 0) is 28.6 Å². The van der Waals surface area contributed by atoms with Crippen molar-refractivity contribution in [2.75, 3.05) is 32.5 Å². The van der Waals surface area contributed by atoms with E-state index < -0.39 is 17.2 Å². The van der Waals surface area contributed by atoms with Crippen molar-refractivity contribution in [2.45, 2.75) is 119 Å². The summed E-state index contributed by atoms with van der Waals surface area (Å²) in [5, 5.41) is 16.9. The molecule has 0 bridgehead atoms. The molecular weight excluding hydrogens is 701 g/mol. The maximum atomic E-state index is 14.4. The molecule has 5 saturated heterocycles. The molecule has 0 aromatic heterocycles. The van der Waals surface area contributed by atoms with Gasteiger partial charge in [-0.15, -0.1) is 0 Å². The smallest absolute Gasteiger partial charge is 0.334 e. The largest absolute Gasteiger partial charge is 0.462 e. The van der Waals surface area contributed by atoms with E-state index in [9.17, 15) is 19.5 Å². The summed E-state index contributed by atoms with van der Waals surface area (Å²) in [6.45, 7) is 5.10. The van der Waals surface area contributed by atoms with Crippen LogP contribution in [0.5, 0.6) is 0 Å². The molecule has 1 amide bonds. The van der Waals surface area contributed by atoms with E-state index in [1.807, 2.05) is 35.6 Å². The number of nitrogens with zero attached hydrogens (tertiary/aromatic N) is 1. The van der Waals surface area contributed by atoms with Crippen molar-refractivity contribution >= 4 is 39.4 Å². The number of nitrogens with one attached hydrogen (secondary N) is 2. The van der Waals surface area contributed by atoms with Crippen LogP contribution in [0.4, 0.5) is 0 Å². The quantitative estimate of drug-likeness (QED) is 0.141. The van der Waals surface area contributed by atoms with Crippen molar-refractivity contribution in [1.82, 2.24) is 15.5 Å². The van der Waals surface area contributed by atoms with Crippen molar-refractivity contribution in [3.8, 4) is 0 Å². The number of aliphatic hydroxyl groups is 1. The maximum absolute atomic E-state index is 14.4. The minimum absolute atomic E-state index is 0.0119. The van der Waals surface area contributed by atoms with Gasteiger partial charge in [0.1, 0.15) is 17.3 Å². The zero-order valence-electron chi connectivity index (χ0n) is 30.7. The average molecular weight is 757 g/mol. The van der Waals surface area contributed by atoms with Gasteiger partial charge in [-0.05, 0) is 70.3 Å². The highest BCUT2D eigenvalue weighted by Crippen LogP contribution is 2.62. The topological polar surface area (TPSA) is 152 Å². The van der Waals surface area contributed by atoms with Crippen molar-refractivity contribution in [1.29, 1.82) is 0 Å². The van der Waals surface area contributed by atoms with Crippen LogP contribution in [0.1, 0.15) is 71.6 Å². The summed E-state index contributed by atoms with van der Waals surface area (Å²) in [5.41, 5.74) is 6.58. The SMILES string of the molecule is CC=C(CCO)C(=O)OC1(C)CC=C2CSSC3C=CC(NC)C4CN(C(=O)CC5CNC(N)CC5C2C12CC1CC5CCC(=O)OC5CC1O2)C34. The standard InChI is InChI=1S/C39H56N4O7S2/c1-4-21(10-12-44)37(47)50-38(2)11-9-23-20-51-52-31-7-6-28(41-3)27-19-43(36(27)31)33(45)14-25-18-42-32(40)15-26(25)35(23)39(38)17-24-13-22-5-8-34(46)48-29(22)16-30(24)49-39/h4,6-7,9,22,24-32,35-36,41-42,44H,5,8,10-20,40H2,1-3H3. The summed E-state index contributed by atoms with van der Waals surface area (Å²) in [6.07, 6.45) is 13.4. The lowest BCUT2D eigenvalue weighted by Crippen LogP contribution is -2.69. The average Bonchev–Trinajstić information content (AvgIpc) is 3.47. The number of rotatable bonds is 5. The Balaban J connectivity index is 1.20. The molecule has 6 fully saturated rings. The molecule has 14 atom stereocenters. The van der Waals surface area contributed by atoms with Crippen LogP contribution in [0.2, 0.25) is 0 Å². The molecule has 5 N–H and O–H groups in total. The summed E-state index contributed by atoms with van der Waals surface area (Å²) in [5.74, 6) is 1.24. The molecule has 3 aliphatic carbocycles. The van der Waals surface area contributed by atoms with Gasteiger partial charge in [-0.25, -0.2) is 4.79 Å². The Morgan fingerprint density at radius 1 is 1.19 bits per heavy atom. The van der Waals surface area contributed by atoms with Crippen molar-refractivity contribution in [3.63, 3.8) is 0 Å². The molecule has 8 aliphatic rings. The Labute approximate surface area is 315 Å². The van der Waals surface area contributed by atoms with Gasteiger partial charge in [0.15, 0.2) is 0 Å². The van der Waals surface area contributed by atoms with E-state index in [4.69, 9.17) is 19.9 Å². The predicted molar refractivity (Wildman–Crippen MR) is 201 cm³/mol. The number of likely N-dealkylation sites (N-methyl/N-ethyl adjacent to an activating group) is 1. The van der Waals surface area contributed by atoms with Crippen LogP contribution < -0.4 is 16.4 Å². The molecule has 0 aromatic rings. The van der Waals surface area contributed by atoms with Gasteiger partial charge < -0.3 is 40.6 Å². The Bertz CT molecular complexity index is 1520. The highest BCUT2D eigenvalue weighted by atomic mass is 33.1. The number of hydrogen-bond acceptors (Lipinski definition) is 12. The molecule has 13 heteroatoms. The van der Waals surface area contributed by atoms with Crippen LogP contribution >= 0.6 is 21.6 Å². The molecule has 14 unspecified atom stereocenters. The molecule has 8 rings (SSSR count). The molecule has 5 aliphatic heterocycles. The van der Waals surface area contributed by atoms with E-state index in [2.05, 4.69) is 33.8 Å². The second kappa shape index (κ2) is 14.7. The second-order valence-corrected chi connectivity index (χ2v) is 19.3. The third-order valence-electron chi connectivity index (χ3n) is 14.1. The third-order valence-corrected chi connectivity index (χ3v) is 16.8. The molecule has 0 radical (unpaired) electrons. The van der Waals surface area contributed by atoms with Gasteiger partial charge in [0, 0.05) is 81.0 Å². The number of fused-ring (bicyclic) bond motifs is 6. The lowest BCUT2D eigenvalue weighted by atomic mass is 9.56. The van der Waals surface area contributed by atoms with Gasteiger partial charge >= 0.3 is 11.9 Å². The summed E-state index contributed by atoms with van der Waals surface area (Å²) in [4.78, 5) is 42.9. The number of hydrogen-bond donors (Lipinski definition) is 4. The van der Waals surface area contributed by atoms with Crippen LogP contribution in [0.15, 0.2) is 35.5 Å². The normalized spacial score (nSPS) is 45.8. The second-order valence-electron chi connectivity index (χ2n) is 16.8. The Kier molecular flexibility index (Phi) is 10.4. The summed E-state index contributed by atoms with van der Waals surface area (Å²) >= 11 is 0. The first-order chi connectivity index (χ1) is 25.1. The summed E-state index contributed by atoms with van der Waals surface area (Å²) < 4.78 is 20.2. The van der Waals surface area contributed by atoms with Crippen LogP contribution in [0, 0.1) is 35.5 Å². The Morgan fingerprint density at radius 2 is 2.04 bits per heavy atom. The molecule has 286 valence electrons. The highest BCUT2D eigenvalue weighted by Gasteiger charge is 2.68. The van der Waals surface area contributed by atoms with Crippen molar-refractivity contribution < 1.29 is 33.7 Å². The number of piperidine rings is 1. The number of esters is 2. The number of aliphatic hydroxyl groups excluding tert-OH is 1. The summed E-state index contributed by atoms with van der Waals surface area (Å²) in [6, 6.07) is 0.445. The summed E-state index contributed by atoms with van der Waals surface area (Å²) in [7, 11) is 5.73. The van der Waals surface area contributed by atoms with E-state index >= 15 is 0 Å². The van der Waals surface area contributed by atoms with Crippen molar-refractivity contribution in [2.24, 2.45) is 41.2 Å². The van der Waals surface area contributed by atoms with Gasteiger partial charge in [-0.2, -0.15) is 0 Å². The first kappa shape index (κ1) is 37.1. The van der Waals surface area contributed by atoms with Gasteiger partial charge in [-0.3, -0.25) is 9.59 Å². The molecule has 5 heterocycles. The van der Waals surface area contributed by atoms with E-state index in [0.717, 1.165) is 31.6 Å². The van der Waals surface area contributed by atoms with Gasteiger partial charge in [0.25, 0.3) is 0 Å².